The molecule has 0 amide bonds. The van der Waals surface area contributed by atoms with E-state index in [9.17, 15) is 0 Å². The molecule has 0 bridgehead atoms. The van der Waals surface area contributed by atoms with E-state index in [1.165, 1.54) is 0 Å². The zero-order valence-corrected chi connectivity index (χ0v) is 10.1. The third kappa shape index (κ3) is 3.12. The highest BCUT2D eigenvalue weighted by atomic mass is 16.5. The Morgan fingerprint density at radius 1 is 1.25 bits per heavy atom. The summed E-state index contributed by atoms with van der Waals surface area (Å²) in [4.78, 5) is 0. The van der Waals surface area contributed by atoms with Gasteiger partial charge in [0.25, 0.3) is 0 Å². The number of aliphatic hydroxyl groups is 1. The van der Waals surface area contributed by atoms with Crippen LogP contribution < -0.4 is 14.8 Å². The number of hydrogen-bond donors (Lipinski definition) is 2. The smallest absolute Gasteiger partial charge is 0.161 e. The summed E-state index contributed by atoms with van der Waals surface area (Å²) in [6.45, 7) is 2.99. The molecule has 1 aromatic rings. The van der Waals surface area contributed by atoms with E-state index >= 15 is 0 Å². The number of quaternary nitrogens is 1. The molecule has 0 radical (unpaired) electrons. The van der Waals surface area contributed by atoms with Crippen LogP contribution in [0.2, 0.25) is 0 Å². The lowest BCUT2D eigenvalue weighted by Gasteiger charge is -2.13. The number of hydrogen-bond acceptors (Lipinski definition) is 3. The van der Waals surface area contributed by atoms with E-state index < -0.39 is 0 Å². The number of aliphatic hydroxyl groups excluding tert-OH is 1. The maximum atomic E-state index is 8.77. The molecule has 0 aliphatic rings. The van der Waals surface area contributed by atoms with Crippen LogP contribution in [0.1, 0.15) is 18.5 Å². The Morgan fingerprint density at radius 3 is 2.50 bits per heavy atom. The summed E-state index contributed by atoms with van der Waals surface area (Å²) < 4.78 is 10.4. The van der Waals surface area contributed by atoms with E-state index in [1.54, 1.807) is 14.2 Å². The molecule has 0 fully saturated rings. The van der Waals surface area contributed by atoms with Crippen molar-refractivity contribution in [2.45, 2.75) is 13.0 Å². The molecule has 4 heteroatoms. The predicted octanol–water partition coefficient (Wildman–Crippen LogP) is 0.321. The fourth-order valence-electron chi connectivity index (χ4n) is 1.60. The zero-order valence-electron chi connectivity index (χ0n) is 10.1. The van der Waals surface area contributed by atoms with Gasteiger partial charge < -0.3 is 19.9 Å². The minimum absolute atomic E-state index is 0.192. The molecule has 0 aliphatic heterocycles. The molecule has 0 aromatic heterocycles. The summed E-state index contributed by atoms with van der Waals surface area (Å²) >= 11 is 0. The molecule has 0 unspecified atom stereocenters. The Balaban J connectivity index is 2.81. The molecule has 3 N–H and O–H groups in total. The highest BCUT2D eigenvalue weighted by Gasteiger charge is 2.11. The van der Waals surface area contributed by atoms with Crippen LogP contribution in [0.15, 0.2) is 18.2 Å². The first kappa shape index (κ1) is 12.8. The molecule has 1 atom stereocenters. The van der Waals surface area contributed by atoms with Crippen molar-refractivity contribution in [3.8, 4) is 11.5 Å². The average Bonchev–Trinajstić information content (AvgIpc) is 2.34. The number of ether oxygens (including phenoxy) is 2. The molecule has 90 valence electrons. The van der Waals surface area contributed by atoms with Crippen molar-refractivity contribution in [3.63, 3.8) is 0 Å². The van der Waals surface area contributed by atoms with Crippen molar-refractivity contribution in [2.75, 3.05) is 27.4 Å². The van der Waals surface area contributed by atoms with Gasteiger partial charge in [-0.05, 0) is 25.1 Å². The average molecular weight is 226 g/mol. The van der Waals surface area contributed by atoms with Gasteiger partial charge in [-0.25, -0.2) is 0 Å². The summed E-state index contributed by atoms with van der Waals surface area (Å²) in [7, 11) is 3.25. The Kier molecular flexibility index (Phi) is 5.08. The monoisotopic (exact) mass is 226 g/mol. The van der Waals surface area contributed by atoms with Crippen LogP contribution in [0.4, 0.5) is 0 Å². The lowest BCUT2D eigenvalue weighted by molar-refractivity contribution is -0.693. The van der Waals surface area contributed by atoms with Crippen molar-refractivity contribution in [1.82, 2.24) is 0 Å². The van der Waals surface area contributed by atoms with Gasteiger partial charge in [0.15, 0.2) is 11.5 Å². The lowest BCUT2D eigenvalue weighted by atomic mass is 10.1. The third-order valence-corrected chi connectivity index (χ3v) is 2.58. The fourth-order valence-corrected chi connectivity index (χ4v) is 1.60. The van der Waals surface area contributed by atoms with E-state index in [-0.39, 0.29) is 6.61 Å². The molecule has 16 heavy (non-hydrogen) atoms. The van der Waals surface area contributed by atoms with Gasteiger partial charge in [0.1, 0.15) is 6.04 Å². The van der Waals surface area contributed by atoms with Gasteiger partial charge in [-0.3, -0.25) is 0 Å². The SMILES string of the molecule is COc1ccc([C@@H](C)[NH2+]CCO)cc1OC. The van der Waals surface area contributed by atoms with E-state index in [0.29, 0.717) is 12.6 Å². The maximum Gasteiger partial charge on any atom is 0.161 e. The number of nitrogens with two attached hydrogens (primary N) is 1. The molecular weight excluding hydrogens is 206 g/mol. The predicted molar refractivity (Wildman–Crippen MR) is 61.8 cm³/mol. The molecule has 4 nitrogen and oxygen atoms in total. The fraction of sp³-hybridized carbons (Fsp3) is 0.500. The first-order valence-electron chi connectivity index (χ1n) is 5.39. The summed E-state index contributed by atoms with van der Waals surface area (Å²) in [5.74, 6) is 1.48. The van der Waals surface area contributed by atoms with E-state index in [2.05, 4.69) is 12.2 Å². The van der Waals surface area contributed by atoms with E-state index in [0.717, 1.165) is 17.1 Å². The van der Waals surface area contributed by atoms with Crippen LogP contribution in [-0.4, -0.2) is 32.5 Å². The van der Waals surface area contributed by atoms with E-state index in [4.69, 9.17) is 14.6 Å². The normalized spacial score (nSPS) is 12.2. The Labute approximate surface area is 96.2 Å². The summed E-state index contributed by atoms with van der Waals surface area (Å²) in [6.07, 6.45) is 0. The van der Waals surface area contributed by atoms with Gasteiger partial charge in [0, 0.05) is 5.56 Å². The minimum Gasteiger partial charge on any atom is -0.493 e. The first-order valence-corrected chi connectivity index (χ1v) is 5.39. The van der Waals surface area contributed by atoms with Gasteiger partial charge in [-0.2, -0.15) is 0 Å². The van der Waals surface area contributed by atoms with Gasteiger partial charge in [0.2, 0.25) is 0 Å². The first-order chi connectivity index (χ1) is 7.72. The largest absolute Gasteiger partial charge is 0.493 e. The minimum atomic E-state index is 0.192. The van der Waals surface area contributed by atoms with Crippen LogP contribution >= 0.6 is 0 Å². The van der Waals surface area contributed by atoms with Crippen molar-refractivity contribution in [3.05, 3.63) is 23.8 Å². The van der Waals surface area contributed by atoms with Crippen LogP contribution in [0.5, 0.6) is 11.5 Å². The van der Waals surface area contributed by atoms with Gasteiger partial charge in [0.05, 0.1) is 27.4 Å². The van der Waals surface area contributed by atoms with Gasteiger partial charge in [-0.1, -0.05) is 0 Å². The molecular formula is C12H20NO3+. The Morgan fingerprint density at radius 2 is 1.94 bits per heavy atom. The maximum absolute atomic E-state index is 8.77. The van der Waals surface area contributed by atoms with Gasteiger partial charge >= 0.3 is 0 Å². The molecule has 0 aliphatic carbocycles. The van der Waals surface area contributed by atoms with Gasteiger partial charge in [-0.15, -0.1) is 0 Å². The zero-order chi connectivity index (χ0) is 12.0. The van der Waals surface area contributed by atoms with Crippen LogP contribution in [-0.2, 0) is 0 Å². The second kappa shape index (κ2) is 6.35. The number of benzene rings is 1. The molecule has 0 spiro atoms. The topological polar surface area (TPSA) is 55.3 Å². The van der Waals surface area contributed by atoms with Crippen LogP contribution in [0.25, 0.3) is 0 Å². The van der Waals surface area contributed by atoms with Crippen molar-refractivity contribution in [1.29, 1.82) is 0 Å². The highest BCUT2D eigenvalue weighted by Crippen LogP contribution is 2.28. The lowest BCUT2D eigenvalue weighted by Crippen LogP contribution is -2.85. The Hall–Kier alpha value is -1.26. The number of rotatable bonds is 6. The quantitative estimate of drug-likeness (QED) is 0.734. The summed E-state index contributed by atoms with van der Waals surface area (Å²) in [6, 6.07) is 6.18. The standard InChI is InChI=1S/C12H19NO3/c1-9(13-6-7-14)10-4-5-11(15-2)12(8-10)16-3/h4-5,8-9,13-14H,6-7H2,1-3H3/p+1/t9-/m1/s1. The van der Waals surface area contributed by atoms with Crippen molar-refractivity contribution < 1.29 is 19.9 Å². The molecule has 0 saturated carbocycles. The summed E-state index contributed by atoms with van der Waals surface area (Å²) in [5.41, 5.74) is 1.16. The second-order valence-corrected chi connectivity index (χ2v) is 3.65. The van der Waals surface area contributed by atoms with Crippen molar-refractivity contribution >= 4 is 0 Å². The van der Waals surface area contributed by atoms with Crippen LogP contribution in [0.3, 0.4) is 0 Å². The molecule has 0 heterocycles. The molecule has 0 saturated heterocycles. The number of methoxy groups -OCH3 is 2. The second-order valence-electron chi connectivity index (χ2n) is 3.65. The molecule has 1 rings (SSSR count). The highest BCUT2D eigenvalue weighted by molar-refractivity contribution is 5.43. The Bertz CT molecular complexity index is 328. The van der Waals surface area contributed by atoms with Crippen LogP contribution in [0, 0.1) is 0 Å². The molecule has 1 aromatic carbocycles. The third-order valence-electron chi connectivity index (χ3n) is 2.58. The van der Waals surface area contributed by atoms with E-state index in [1.807, 2.05) is 18.2 Å². The van der Waals surface area contributed by atoms with Crippen molar-refractivity contribution in [2.24, 2.45) is 0 Å². The summed E-state index contributed by atoms with van der Waals surface area (Å²) in [5, 5.41) is 10.9.